The van der Waals surface area contributed by atoms with Crippen LogP contribution < -0.4 is 11.2 Å². The Labute approximate surface area is 157 Å². The number of fused-ring (bicyclic) bond motifs is 1. The zero-order valence-electron chi connectivity index (χ0n) is 16.3. The second-order valence-electron chi connectivity index (χ2n) is 9.72. The van der Waals surface area contributed by atoms with Crippen molar-refractivity contribution in [2.45, 2.75) is 57.6 Å². The number of aliphatic hydroxyl groups is 1. The van der Waals surface area contributed by atoms with Crippen LogP contribution in [0.1, 0.15) is 45.4 Å². The van der Waals surface area contributed by atoms with E-state index in [-0.39, 0.29) is 16.7 Å². The van der Waals surface area contributed by atoms with Crippen LogP contribution in [0.2, 0.25) is 0 Å². The lowest BCUT2D eigenvalue weighted by atomic mass is 9.45. The average Bonchev–Trinajstić information content (AvgIpc) is 3.00. The van der Waals surface area contributed by atoms with E-state index in [1.165, 1.54) is 30.9 Å². The second-order valence-corrected chi connectivity index (χ2v) is 9.72. The van der Waals surface area contributed by atoms with Crippen LogP contribution in [-0.2, 0) is 20.6 Å². The first-order valence-electron chi connectivity index (χ1n) is 10.0. The standard InChI is InChI=1S/C20H28N4O3/c1-19(27,20-7-12-4-13(8-20)6-14(5-12)9-20)10-24-11-21-16-15(24)17(25)23(3)18(26)22(16)2/h11-14,27H,4-10H2,1-3H3. The molecule has 1 atom stereocenters. The summed E-state index contributed by atoms with van der Waals surface area (Å²) in [5.74, 6) is 2.24. The number of aryl methyl sites for hydroxylation is 1. The monoisotopic (exact) mass is 372 g/mol. The lowest BCUT2D eigenvalue weighted by Gasteiger charge is -2.61. The van der Waals surface area contributed by atoms with Crippen molar-refractivity contribution in [1.82, 2.24) is 18.7 Å². The molecule has 4 aliphatic rings. The Kier molecular flexibility index (Phi) is 3.41. The number of hydrogen-bond acceptors (Lipinski definition) is 4. The van der Waals surface area contributed by atoms with Gasteiger partial charge in [0.1, 0.15) is 0 Å². The SMILES string of the molecule is Cn1c(=O)c2c(ncn2CC(C)(O)C23CC4CC(CC(C4)C2)C3)n(C)c1=O. The summed E-state index contributed by atoms with van der Waals surface area (Å²) in [6.45, 7) is 2.28. The van der Waals surface area contributed by atoms with Crippen molar-refractivity contribution in [2.24, 2.45) is 37.3 Å². The van der Waals surface area contributed by atoms with Crippen molar-refractivity contribution in [3.8, 4) is 0 Å². The lowest BCUT2D eigenvalue weighted by Crippen LogP contribution is -2.58. The summed E-state index contributed by atoms with van der Waals surface area (Å²) in [5.41, 5.74) is -0.938. The third-order valence-corrected chi connectivity index (χ3v) is 7.88. The highest BCUT2D eigenvalue weighted by atomic mass is 16.3. The van der Waals surface area contributed by atoms with Gasteiger partial charge in [0, 0.05) is 19.5 Å². The summed E-state index contributed by atoms with van der Waals surface area (Å²) in [5, 5.41) is 11.7. The van der Waals surface area contributed by atoms with Gasteiger partial charge < -0.3 is 9.67 Å². The molecule has 1 N–H and O–H groups in total. The van der Waals surface area contributed by atoms with Crippen molar-refractivity contribution in [3.63, 3.8) is 0 Å². The fourth-order valence-corrected chi connectivity index (χ4v) is 6.79. The molecule has 4 fully saturated rings. The van der Waals surface area contributed by atoms with Crippen LogP contribution in [-0.4, -0.2) is 29.4 Å². The second kappa shape index (κ2) is 5.34. The van der Waals surface area contributed by atoms with E-state index in [2.05, 4.69) is 4.98 Å². The number of rotatable bonds is 3. The Morgan fingerprint density at radius 3 is 2.22 bits per heavy atom. The summed E-state index contributed by atoms with van der Waals surface area (Å²) >= 11 is 0. The smallest absolute Gasteiger partial charge is 0.332 e. The highest BCUT2D eigenvalue weighted by Gasteiger charge is 2.58. The normalized spacial score (nSPS) is 34.3. The van der Waals surface area contributed by atoms with Crippen molar-refractivity contribution in [2.75, 3.05) is 0 Å². The van der Waals surface area contributed by atoms with E-state index < -0.39 is 5.60 Å². The molecule has 7 nitrogen and oxygen atoms in total. The Balaban J connectivity index is 1.57. The quantitative estimate of drug-likeness (QED) is 0.883. The molecule has 1 unspecified atom stereocenters. The van der Waals surface area contributed by atoms with Gasteiger partial charge in [0.2, 0.25) is 0 Å². The van der Waals surface area contributed by atoms with Crippen LogP contribution in [0.3, 0.4) is 0 Å². The first-order valence-corrected chi connectivity index (χ1v) is 10.0. The van der Waals surface area contributed by atoms with E-state index in [4.69, 9.17) is 0 Å². The van der Waals surface area contributed by atoms with Gasteiger partial charge in [-0.3, -0.25) is 13.9 Å². The molecule has 2 aromatic rings. The van der Waals surface area contributed by atoms with Crippen molar-refractivity contribution in [1.29, 1.82) is 0 Å². The molecule has 2 aromatic heterocycles. The summed E-state index contributed by atoms with van der Waals surface area (Å²) in [7, 11) is 3.11. The number of aromatic nitrogens is 4. The Bertz CT molecular complexity index is 1010. The first kappa shape index (κ1) is 17.2. The van der Waals surface area contributed by atoms with Gasteiger partial charge in [0.25, 0.3) is 5.56 Å². The van der Waals surface area contributed by atoms with Gasteiger partial charge >= 0.3 is 5.69 Å². The van der Waals surface area contributed by atoms with Gasteiger partial charge in [-0.25, -0.2) is 9.78 Å². The summed E-state index contributed by atoms with van der Waals surface area (Å²) in [6, 6.07) is 0. The Morgan fingerprint density at radius 1 is 1.11 bits per heavy atom. The molecule has 0 aromatic carbocycles. The molecule has 0 aliphatic heterocycles. The average molecular weight is 372 g/mol. The fourth-order valence-electron chi connectivity index (χ4n) is 6.79. The van der Waals surface area contributed by atoms with Crippen LogP contribution in [0.15, 0.2) is 15.9 Å². The van der Waals surface area contributed by atoms with Crippen LogP contribution in [0.25, 0.3) is 11.2 Å². The van der Waals surface area contributed by atoms with Crippen molar-refractivity contribution < 1.29 is 5.11 Å². The third-order valence-electron chi connectivity index (χ3n) is 7.88. The van der Waals surface area contributed by atoms with E-state index >= 15 is 0 Å². The molecule has 0 saturated heterocycles. The molecule has 4 aliphatic carbocycles. The van der Waals surface area contributed by atoms with Crippen LogP contribution in [0.4, 0.5) is 0 Å². The van der Waals surface area contributed by atoms with E-state index in [1.807, 2.05) is 6.92 Å². The van der Waals surface area contributed by atoms with Gasteiger partial charge in [0.15, 0.2) is 11.2 Å². The highest BCUT2D eigenvalue weighted by molar-refractivity contribution is 5.70. The molecule has 4 saturated carbocycles. The van der Waals surface area contributed by atoms with Crippen LogP contribution >= 0.6 is 0 Å². The van der Waals surface area contributed by atoms with Gasteiger partial charge in [-0.1, -0.05) is 0 Å². The molecule has 2 heterocycles. The maximum absolute atomic E-state index is 12.7. The molecule has 4 bridgehead atoms. The van der Waals surface area contributed by atoms with Crippen LogP contribution in [0, 0.1) is 23.2 Å². The predicted octanol–water partition coefficient (Wildman–Crippen LogP) is 1.40. The zero-order valence-corrected chi connectivity index (χ0v) is 16.3. The van der Waals surface area contributed by atoms with E-state index in [0.29, 0.717) is 17.7 Å². The van der Waals surface area contributed by atoms with E-state index in [1.54, 1.807) is 17.9 Å². The summed E-state index contributed by atoms with van der Waals surface area (Å²) in [4.78, 5) is 29.2. The van der Waals surface area contributed by atoms with Gasteiger partial charge in [-0.05, 0) is 63.2 Å². The van der Waals surface area contributed by atoms with Gasteiger partial charge in [-0.15, -0.1) is 0 Å². The summed E-state index contributed by atoms with van der Waals surface area (Å²) in [6.07, 6.45) is 8.85. The van der Waals surface area contributed by atoms with Crippen LogP contribution in [0.5, 0.6) is 0 Å². The number of imidazole rings is 1. The number of hydrogen-bond donors (Lipinski definition) is 1. The lowest BCUT2D eigenvalue weighted by molar-refractivity contribution is -0.176. The molecule has 0 radical (unpaired) electrons. The minimum absolute atomic E-state index is 0.0652. The molecule has 0 amide bonds. The fraction of sp³-hybridized carbons (Fsp3) is 0.750. The molecule has 146 valence electrons. The maximum Gasteiger partial charge on any atom is 0.332 e. The van der Waals surface area contributed by atoms with Crippen molar-refractivity contribution >= 4 is 11.2 Å². The largest absolute Gasteiger partial charge is 0.388 e. The van der Waals surface area contributed by atoms with Gasteiger partial charge in [-0.2, -0.15) is 0 Å². The van der Waals surface area contributed by atoms with Crippen molar-refractivity contribution in [3.05, 3.63) is 27.2 Å². The summed E-state index contributed by atoms with van der Waals surface area (Å²) < 4.78 is 4.27. The Morgan fingerprint density at radius 2 is 1.67 bits per heavy atom. The van der Waals surface area contributed by atoms with E-state index in [0.717, 1.165) is 41.6 Å². The molecular formula is C20H28N4O3. The number of nitrogens with zero attached hydrogens (tertiary/aromatic N) is 4. The Hall–Kier alpha value is -1.89. The third kappa shape index (κ3) is 2.27. The minimum Gasteiger partial charge on any atom is -0.388 e. The first-order chi connectivity index (χ1) is 12.7. The zero-order chi connectivity index (χ0) is 19.1. The highest BCUT2D eigenvalue weighted by Crippen LogP contribution is 2.63. The van der Waals surface area contributed by atoms with E-state index in [9.17, 15) is 14.7 Å². The molecule has 6 rings (SSSR count). The molecule has 7 heteroatoms. The minimum atomic E-state index is -0.906. The predicted molar refractivity (Wildman–Crippen MR) is 101 cm³/mol. The molecular weight excluding hydrogens is 344 g/mol. The topological polar surface area (TPSA) is 82.0 Å². The van der Waals surface area contributed by atoms with Gasteiger partial charge in [0.05, 0.1) is 18.5 Å². The molecule has 27 heavy (non-hydrogen) atoms. The molecule has 0 spiro atoms. The maximum atomic E-state index is 12.7.